The predicted octanol–water partition coefficient (Wildman–Crippen LogP) is 1.14. The summed E-state index contributed by atoms with van der Waals surface area (Å²) in [6.07, 6.45) is 3.59. The van der Waals surface area contributed by atoms with E-state index < -0.39 is 11.5 Å². The first-order valence-electron chi connectivity index (χ1n) is 6.52. The SMILES string of the molecule is CCCCNc1nccc(-c2cc(C(=O)O)c(=O)[nH]n2)n1. The summed E-state index contributed by atoms with van der Waals surface area (Å²) >= 11 is 0. The fourth-order valence-corrected chi connectivity index (χ4v) is 1.66. The topological polar surface area (TPSA) is 121 Å². The van der Waals surface area contributed by atoms with E-state index in [9.17, 15) is 9.59 Å². The Morgan fingerprint density at radius 3 is 2.95 bits per heavy atom. The van der Waals surface area contributed by atoms with Crippen LogP contribution in [0.2, 0.25) is 0 Å². The van der Waals surface area contributed by atoms with Gasteiger partial charge in [-0.25, -0.2) is 19.9 Å². The maximum absolute atomic E-state index is 11.3. The molecule has 0 saturated heterocycles. The largest absolute Gasteiger partial charge is 0.477 e. The Bertz CT molecular complexity index is 698. The van der Waals surface area contributed by atoms with Crippen molar-refractivity contribution in [2.75, 3.05) is 11.9 Å². The molecule has 0 aliphatic heterocycles. The zero-order valence-corrected chi connectivity index (χ0v) is 11.5. The smallest absolute Gasteiger partial charge is 0.341 e. The van der Waals surface area contributed by atoms with Gasteiger partial charge in [-0.05, 0) is 18.6 Å². The molecule has 8 heteroatoms. The molecule has 0 bridgehead atoms. The Labute approximate surface area is 120 Å². The Morgan fingerprint density at radius 2 is 2.24 bits per heavy atom. The predicted molar refractivity (Wildman–Crippen MR) is 76.2 cm³/mol. The van der Waals surface area contributed by atoms with Gasteiger partial charge in [-0.2, -0.15) is 5.10 Å². The van der Waals surface area contributed by atoms with Crippen molar-refractivity contribution in [1.82, 2.24) is 20.2 Å². The summed E-state index contributed by atoms with van der Waals surface area (Å²) in [7, 11) is 0. The zero-order chi connectivity index (χ0) is 15.2. The molecule has 3 N–H and O–H groups in total. The van der Waals surface area contributed by atoms with E-state index in [0.717, 1.165) is 19.4 Å². The number of aromatic carboxylic acids is 1. The van der Waals surface area contributed by atoms with Crippen molar-refractivity contribution in [2.45, 2.75) is 19.8 Å². The van der Waals surface area contributed by atoms with Crippen molar-refractivity contribution < 1.29 is 9.90 Å². The summed E-state index contributed by atoms with van der Waals surface area (Å²) in [4.78, 5) is 30.6. The number of aromatic amines is 1. The molecular weight excluding hydrogens is 274 g/mol. The number of rotatable bonds is 6. The molecule has 0 spiro atoms. The zero-order valence-electron chi connectivity index (χ0n) is 11.5. The number of hydrogen-bond acceptors (Lipinski definition) is 6. The normalized spacial score (nSPS) is 10.3. The van der Waals surface area contributed by atoms with E-state index in [1.807, 2.05) is 0 Å². The fourth-order valence-electron chi connectivity index (χ4n) is 1.66. The number of carboxylic acid groups (broad SMARTS) is 1. The van der Waals surface area contributed by atoms with Crippen molar-refractivity contribution in [2.24, 2.45) is 0 Å². The summed E-state index contributed by atoms with van der Waals surface area (Å²) < 4.78 is 0. The maximum Gasteiger partial charge on any atom is 0.341 e. The van der Waals surface area contributed by atoms with Crippen molar-refractivity contribution in [1.29, 1.82) is 0 Å². The molecule has 0 saturated carbocycles. The van der Waals surface area contributed by atoms with Gasteiger partial charge in [-0.15, -0.1) is 0 Å². The summed E-state index contributed by atoms with van der Waals surface area (Å²) in [5, 5.41) is 18.0. The molecular formula is C13H15N5O3. The van der Waals surface area contributed by atoms with Crippen LogP contribution < -0.4 is 10.9 Å². The van der Waals surface area contributed by atoms with Gasteiger partial charge in [-0.1, -0.05) is 13.3 Å². The number of anilines is 1. The van der Waals surface area contributed by atoms with Crippen LogP contribution in [0.3, 0.4) is 0 Å². The second-order valence-electron chi connectivity index (χ2n) is 4.35. The average Bonchev–Trinajstić information content (AvgIpc) is 2.48. The van der Waals surface area contributed by atoms with Crippen LogP contribution >= 0.6 is 0 Å². The second-order valence-corrected chi connectivity index (χ2v) is 4.35. The minimum Gasteiger partial charge on any atom is -0.477 e. The number of aromatic nitrogens is 4. The molecule has 2 heterocycles. The molecule has 0 atom stereocenters. The fraction of sp³-hybridized carbons (Fsp3) is 0.308. The highest BCUT2D eigenvalue weighted by atomic mass is 16.4. The van der Waals surface area contributed by atoms with Crippen LogP contribution in [0.25, 0.3) is 11.4 Å². The highest BCUT2D eigenvalue weighted by molar-refractivity contribution is 5.88. The summed E-state index contributed by atoms with van der Waals surface area (Å²) in [5.41, 5.74) is -0.420. The van der Waals surface area contributed by atoms with Gasteiger partial charge in [0.25, 0.3) is 5.56 Å². The number of nitrogens with zero attached hydrogens (tertiary/aromatic N) is 3. The molecule has 0 unspecified atom stereocenters. The van der Waals surface area contributed by atoms with Crippen LogP contribution in [-0.2, 0) is 0 Å². The van der Waals surface area contributed by atoms with E-state index in [4.69, 9.17) is 5.11 Å². The third-order valence-corrected chi connectivity index (χ3v) is 2.77. The number of nitrogens with one attached hydrogen (secondary N) is 2. The van der Waals surface area contributed by atoms with Gasteiger partial charge in [0.1, 0.15) is 11.3 Å². The van der Waals surface area contributed by atoms with E-state index in [-0.39, 0.29) is 11.3 Å². The molecule has 110 valence electrons. The molecule has 8 nitrogen and oxygen atoms in total. The number of carboxylic acids is 1. The number of hydrogen-bond donors (Lipinski definition) is 3. The standard InChI is InChI=1S/C13H15N5O3/c1-2-3-5-14-13-15-6-4-9(16-13)10-7-8(12(20)21)11(19)18-17-10/h4,6-7H,2-3,5H2,1H3,(H,18,19)(H,20,21)(H,14,15,16). The minimum absolute atomic E-state index is 0.271. The summed E-state index contributed by atoms with van der Waals surface area (Å²) in [6.45, 7) is 2.83. The third kappa shape index (κ3) is 3.62. The Morgan fingerprint density at radius 1 is 1.43 bits per heavy atom. The van der Waals surface area contributed by atoms with E-state index in [1.54, 1.807) is 12.3 Å². The van der Waals surface area contributed by atoms with Crippen molar-refractivity contribution in [3.8, 4) is 11.4 Å². The van der Waals surface area contributed by atoms with Crippen LogP contribution in [0.15, 0.2) is 23.1 Å². The van der Waals surface area contributed by atoms with Gasteiger partial charge in [0, 0.05) is 12.7 Å². The minimum atomic E-state index is -1.31. The quantitative estimate of drug-likeness (QED) is 0.682. The molecule has 0 fully saturated rings. The molecule has 0 radical (unpaired) electrons. The monoisotopic (exact) mass is 289 g/mol. The van der Waals surface area contributed by atoms with Gasteiger partial charge in [0.2, 0.25) is 5.95 Å². The lowest BCUT2D eigenvalue weighted by Crippen LogP contribution is -2.19. The van der Waals surface area contributed by atoms with Crippen LogP contribution in [0.1, 0.15) is 30.1 Å². The van der Waals surface area contributed by atoms with E-state index in [0.29, 0.717) is 11.6 Å². The van der Waals surface area contributed by atoms with Gasteiger partial charge >= 0.3 is 5.97 Å². The molecule has 0 aromatic carbocycles. The number of H-pyrrole nitrogens is 1. The lowest BCUT2D eigenvalue weighted by molar-refractivity contribution is 0.0694. The average molecular weight is 289 g/mol. The first-order valence-corrected chi connectivity index (χ1v) is 6.52. The molecule has 0 aliphatic carbocycles. The van der Waals surface area contributed by atoms with E-state index >= 15 is 0 Å². The van der Waals surface area contributed by atoms with Crippen LogP contribution in [0.4, 0.5) is 5.95 Å². The molecule has 0 aliphatic rings. The first-order chi connectivity index (χ1) is 10.1. The van der Waals surface area contributed by atoms with Crippen molar-refractivity contribution in [3.63, 3.8) is 0 Å². The Kier molecular flexibility index (Phi) is 4.60. The number of unbranched alkanes of at least 4 members (excludes halogenated alkanes) is 1. The summed E-state index contributed by atoms with van der Waals surface area (Å²) in [5.74, 6) is -0.874. The molecule has 2 rings (SSSR count). The lowest BCUT2D eigenvalue weighted by atomic mass is 10.2. The second kappa shape index (κ2) is 6.60. The van der Waals surface area contributed by atoms with E-state index in [1.165, 1.54) is 6.07 Å². The van der Waals surface area contributed by atoms with Crippen molar-refractivity contribution in [3.05, 3.63) is 34.2 Å². The molecule has 2 aromatic rings. The lowest BCUT2D eigenvalue weighted by Gasteiger charge is -2.05. The molecule has 21 heavy (non-hydrogen) atoms. The highest BCUT2D eigenvalue weighted by Gasteiger charge is 2.12. The van der Waals surface area contributed by atoms with Gasteiger partial charge in [0.15, 0.2) is 0 Å². The number of carbonyl (C=O) groups is 1. The molecule has 0 amide bonds. The van der Waals surface area contributed by atoms with Crippen LogP contribution in [0.5, 0.6) is 0 Å². The molecule has 2 aromatic heterocycles. The van der Waals surface area contributed by atoms with Gasteiger partial charge in [-0.3, -0.25) is 4.79 Å². The summed E-state index contributed by atoms with van der Waals surface area (Å²) in [6, 6.07) is 2.79. The maximum atomic E-state index is 11.3. The highest BCUT2D eigenvalue weighted by Crippen LogP contribution is 2.14. The van der Waals surface area contributed by atoms with E-state index in [2.05, 4.69) is 32.4 Å². The van der Waals surface area contributed by atoms with Crippen molar-refractivity contribution >= 4 is 11.9 Å². The Hall–Kier alpha value is -2.77. The van der Waals surface area contributed by atoms with Gasteiger partial charge in [0.05, 0.1) is 5.69 Å². The Balaban J connectivity index is 2.29. The third-order valence-electron chi connectivity index (χ3n) is 2.77. The van der Waals surface area contributed by atoms with Crippen LogP contribution in [-0.4, -0.2) is 37.8 Å². The first kappa shape index (κ1) is 14.6. The van der Waals surface area contributed by atoms with Crippen LogP contribution in [0, 0.1) is 0 Å². The van der Waals surface area contributed by atoms with Gasteiger partial charge < -0.3 is 10.4 Å².